The molecular weight excluding hydrogens is 217 g/mol. The van der Waals surface area contributed by atoms with Crippen molar-refractivity contribution in [2.75, 3.05) is 0 Å². The van der Waals surface area contributed by atoms with Gasteiger partial charge in [-0.15, -0.1) is 0 Å². The summed E-state index contributed by atoms with van der Waals surface area (Å²) in [4.78, 5) is 11.0. The SMILES string of the molecule is NS(=O)(=O)OC(=O)c1ccccc1.[Na]. The Hall–Kier alpha value is -0.400. The maximum atomic E-state index is 11.0. The normalized spacial score (nSPS) is 10.1. The van der Waals surface area contributed by atoms with Gasteiger partial charge >= 0.3 is 16.3 Å². The van der Waals surface area contributed by atoms with E-state index < -0.39 is 16.3 Å². The molecule has 5 nitrogen and oxygen atoms in total. The molecular formula is C7H7NNaO4S. The molecule has 1 aromatic carbocycles. The molecule has 2 N–H and O–H groups in total. The zero-order chi connectivity index (χ0) is 9.90. The predicted octanol–water partition coefficient (Wildman–Crippen LogP) is -0.334. The van der Waals surface area contributed by atoms with Crippen molar-refractivity contribution in [3.63, 3.8) is 0 Å². The molecule has 0 fully saturated rings. The zero-order valence-electron chi connectivity index (χ0n) is 7.51. The van der Waals surface area contributed by atoms with Gasteiger partial charge in [0.15, 0.2) is 0 Å². The monoisotopic (exact) mass is 224 g/mol. The third-order valence-corrected chi connectivity index (χ3v) is 1.59. The molecule has 0 spiro atoms. The van der Waals surface area contributed by atoms with Crippen molar-refractivity contribution >= 4 is 45.8 Å². The number of carbonyl (C=O) groups is 1. The number of carbonyl (C=O) groups excluding carboxylic acids is 1. The summed E-state index contributed by atoms with van der Waals surface area (Å²) < 4.78 is 24.6. The summed E-state index contributed by atoms with van der Waals surface area (Å²) in [7, 11) is -4.22. The molecule has 71 valence electrons. The molecule has 0 aliphatic heterocycles. The number of benzene rings is 1. The molecule has 0 saturated heterocycles. The summed E-state index contributed by atoms with van der Waals surface area (Å²) in [6.07, 6.45) is 0. The number of hydrogen-bond donors (Lipinski definition) is 1. The van der Waals surface area contributed by atoms with Crippen LogP contribution in [-0.4, -0.2) is 43.9 Å². The zero-order valence-corrected chi connectivity index (χ0v) is 10.3. The van der Waals surface area contributed by atoms with Crippen LogP contribution in [0.15, 0.2) is 30.3 Å². The second kappa shape index (κ2) is 5.47. The molecule has 0 saturated carbocycles. The van der Waals surface area contributed by atoms with Crippen LogP contribution in [0.4, 0.5) is 0 Å². The van der Waals surface area contributed by atoms with Gasteiger partial charge in [0.05, 0.1) is 5.56 Å². The Morgan fingerprint density at radius 3 is 2.14 bits per heavy atom. The molecule has 1 rings (SSSR count). The summed E-state index contributed by atoms with van der Waals surface area (Å²) in [6, 6.07) is 7.70. The minimum Gasteiger partial charge on any atom is -0.330 e. The number of rotatable bonds is 2. The largest absolute Gasteiger partial charge is 0.382 e. The Morgan fingerprint density at radius 2 is 1.71 bits per heavy atom. The van der Waals surface area contributed by atoms with Crippen LogP contribution in [0.5, 0.6) is 0 Å². The van der Waals surface area contributed by atoms with Crippen LogP contribution in [0, 0.1) is 0 Å². The first-order valence-corrected chi connectivity index (χ1v) is 4.78. The van der Waals surface area contributed by atoms with Gasteiger partial charge in [0, 0.05) is 29.6 Å². The van der Waals surface area contributed by atoms with E-state index in [-0.39, 0.29) is 35.1 Å². The smallest absolute Gasteiger partial charge is 0.330 e. The second-order valence-electron chi connectivity index (χ2n) is 2.23. The molecule has 0 unspecified atom stereocenters. The third-order valence-electron chi connectivity index (χ3n) is 1.20. The van der Waals surface area contributed by atoms with E-state index in [2.05, 4.69) is 9.32 Å². The van der Waals surface area contributed by atoms with Crippen LogP contribution in [0.3, 0.4) is 0 Å². The van der Waals surface area contributed by atoms with Gasteiger partial charge in [0.1, 0.15) is 0 Å². The fraction of sp³-hybridized carbons (Fsp3) is 0. The quantitative estimate of drug-likeness (QED) is 0.696. The minimum atomic E-state index is -4.22. The van der Waals surface area contributed by atoms with Crippen LogP contribution in [0.2, 0.25) is 0 Å². The minimum absolute atomic E-state index is 0. The Bertz CT molecular complexity index is 403. The number of hydrogen-bond acceptors (Lipinski definition) is 4. The van der Waals surface area contributed by atoms with E-state index in [1.54, 1.807) is 18.2 Å². The molecule has 0 bridgehead atoms. The van der Waals surface area contributed by atoms with Gasteiger partial charge in [0.2, 0.25) is 0 Å². The molecule has 0 aliphatic rings. The van der Waals surface area contributed by atoms with Crippen LogP contribution < -0.4 is 5.14 Å². The van der Waals surface area contributed by atoms with Crippen LogP contribution in [0.25, 0.3) is 0 Å². The second-order valence-corrected chi connectivity index (χ2v) is 3.38. The molecule has 0 heterocycles. The molecule has 0 atom stereocenters. The first-order chi connectivity index (χ1) is 5.99. The standard InChI is InChI=1S/C7H7NO4S.Na/c8-13(10,11)12-7(9)6-4-2-1-3-5-6;/h1-5H,(H2,8,10,11);. The average molecular weight is 224 g/mol. The van der Waals surface area contributed by atoms with Crippen LogP contribution >= 0.6 is 0 Å². The topological polar surface area (TPSA) is 86.5 Å². The maximum absolute atomic E-state index is 11.0. The predicted molar refractivity (Wildman–Crippen MR) is 50.7 cm³/mol. The van der Waals surface area contributed by atoms with E-state index in [0.717, 1.165) is 0 Å². The maximum Gasteiger partial charge on any atom is 0.382 e. The van der Waals surface area contributed by atoms with E-state index in [0.29, 0.717) is 0 Å². The number of nitrogens with two attached hydrogens (primary N) is 1. The first-order valence-electron chi connectivity index (χ1n) is 3.30. The third kappa shape index (κ3) is 4.73. The molecule has 0 aromatic heterocycles. The van der Waals surface area contributed by atoms with Crippen molar-refractivity contribution in [2.24, 2.45) is 5.14 Å². The van der Waals surface area contributed by atoms with Gasteiger partial charge in [-0.3, -0.25) is 0 Å². The molecule has 0 aliphatic carbocycles. The van der Waals surface area contributed by atoms with Gasteiger partial charge in [0.25, 0.3) is 0 Å². The van der Waals surface area contributed by atoms with Crippen molar-refractivity contribution in [1.82, 2.24) is 0 Å². The Balaban J connectivity index is 0.00000169. The van der Waals surface area contributed by atoms with E-state index >= 15 is 0 Å². The summed E-state index contributed by atoms with van der Waals surface area (Å²) in [5.74, 6) is -0.983. The van der Waals surface area contributed by atoms with E-state index in [1.807, 2.05) is 0 Å². The molecule has 0 amide bonds. The van der Waals surface area contributed by atoms with Crippen molar-refractivity contribution in [2.45, 2.75) is 0 Å². The molecule has 1 radical (unpaired) electrons. The fourth-order valence-electron chi connectivity index (χ4n) is 0.728. The average Bonchev–Trinajstić information content (AvgIpc) is 2.03. The van der Waals surface area contributed by atoms with Crippen molar-refractivity contribution in [3.8, 4) is 0 Å². The van der Waals surface area contributed by atoms with Gasteiger partial charge in [-0.2, -0.15) is 13.6 Å². The molecule has 14 heavy (non-hydrogen) atoms. The van der Waals surface area contributed by atoms with E-state index in [4.69, 9.17) is 0 Å². The van der Waals surface area contributed by atoms with E-state index in [9.17, 15) is 13.2 Å². The van der Waals surface area contributed by atoms with Gasteiger partial charge in [-0.05, 0) is 12.1 Å². The molecule has 7 heteroatoms. The van der Waals surface area contributed by atoms with Crippen LogP contribution in [-0.2, 0) is 14.5 Å². The fourth-order valence-corrected chi connectivity index (χ4v) is 1.04. The van der Waals surface area contributed by atoms with Crippen molar-refractivity contribution in [3.05, 3.63) is 35.9 Å². The first kappa shape index (κ1) is 13.6. The van der Waals surface area contributed by atoms with Crippen LogP contribution in [0.1, 0.15) is 10.4 Å². The van der Waals surface area contributed by atoms with Crippen molar-refractivity contribution < 1.29 is 17.4 Å². The summed E-state index contributed by atoms with van der Waals surface area (Å²) in [6.45, 7) is 0. The van der Waals surface area contributed by atoms with Gasteiger partial charge in [-0.25, -0.2) is 4.79 Å². The Kier molecular flexibility index (Phi) is 5.32. The Morgan fingerprint density at radius 1 is 1.21 bits per heavy atom. The molecule has 1 aromatic rings. The Labute approximate surface area is 104 Å². The van der Waals surface area contributed by atoms with E-state index in [1.165, 1.54) is 12.1 Å². The van der Waals surface area contributed by atoms with Gasteiger partial charge in [-0.1, -0.05) is 18.2 Å². The summed E-state index contributed by atoms with van der Waals surface area (Å²) in [5, 5.41) is 4.50. The summed E-state index contributed by atoms with van der Waals surface area (Å²) in [5.41, 5.74) is 0.136. The van der Waals surface area contributed by atoms with Crippen molar-refractivity contribution in [1.29, 1.82) is 0 Å². The summed E-state index contributed by atoms with van der Waals surface area (Å²) >= 11 is 0. The van der Waals surface area contributed by atoms with Gasteiger partial charge < -0.3 is 4.18 Å².